The van der Waals surface area contributed by atoms with Crippen LogP contribution in [0.4, 0.5) is 0 Å². The van der Waals surface area contributed by atoms with Crippen LogP contribution in [0.5, 0.6) is 0 Å². The third kappa shape index (κ3) is 2.71. The predicted molar refractivity (Wildman–Crippen MR) is 72.1 cm³/mol. The Hall–Kier alpha value is -1.81. The van der Waals surface area contributed by atoms with Gasteiger partial charge in [-0.3, -0.25) is 4.98 Å². The molecule has 0 radical (unpaired) electrons. The third-order valence-corrected chi connectivity index (χ3v) is 2.93. The molecule has 2 aromatic rings. The average Bonchev–Trinajstić information content (AvgIpc) is 2.40. The van der Waals surface area contributed by atoms with Crippen LogP contribution in [0.1, 0.15) is 31.1 Å². The molecule has 0 amide bonds. The Morgan fingerprint density at radius 3 is 2.61 bits per heavy atom. The summed E-state index contributed by atoms with van der Waals surface area (Å²) in [5.41, 5.74) is 3.16. The number of hydrogen-bond donors (Lipinski definition) is 1. The highest BCUT2D eigenvalue weighted by Crippen LogP contribution is 2.19. The van der Waals surface area contributed by atoms with Crippen LogP contribution in [0.2, 0.25) is 0 Å². The SMILES string of the molecule is CCNC(C)c1cnc(-c2ccncc2)nc1C. The van der Waals surface area contributed by atoms with Crippen molar-refractivity contribution in [3.05, 3.63) is 42.0 Å². The number of hydrogen-bond acceptors (Lipinski definition) is 4. The Balaban J connectivity index is 2.31. The van der Waals surface area contributed by atoms with Gasteiger partial charge in [0.2, 0.25) is 0 Å². The standard InChI is InChI=1S/C14H18N4/c1-4-16-10(2)13-9-17-14(18-11(13)3)12-5-7-15-8-6-12/h5-10,16H,4H2,1-3H3. The van der Waals surface area contributed by atoms with E-state index in [2.05, 4.69) is 34.1 Å². The highest BCUT2D eigenvalue weighted by molar-refractivity contribution is 5.53. The van der Waals surface area contributed by atoms with Gasteiger partial charge >= 0.3 is 0 Å². The van der Waals surface area contributed by atoms with Crippen molar-refractivity contribution < 1.29 is 0 Å². The molecule has 1 N–H and O–H groups in total. The van der Waals surface area contributed by atoms with E-state index >= 15 is 0 Å². The topological polar surface area (TPSA) is 50.7 Å². The summed E-state index contributed by atoms with van der Waals surface area (Å²) in [6, 6.07) is 4.12. The molecule has 2 heterocycles. The highest BCUT2D eigenvalue weighted by atomic mass is 14.9. The number of aromatic nitrogens is 3. The lowest BCUT2D eigenvalue weighted by Crippen LogP contribution is -2.19. The van der Waals surface area contributed by atoms with Gasteiger partial charge in [-0.2, -0.15) is 0 Å². The maximum atomic E-state index is 4.57. The van der Waals surface area contributed by atoms with Crippen molar-refractivity contribution in [2.45, 2.75) is 26.8 Å². The maximum Gasteiger partial charge on any atom is 0.159 e. The largest absolute Gasteiger partial charge is 0.310 e. The second-order valence-electron chi connectivity index (χ2n) is 4.25. The van der Waals surface area contributed by atoms with Crippen LogP contribution in [0.15, 0.2) is 30.7 Å². The lowest BCUT2D eigenvalue weighted by Gasteiger charge is -2.14. The summed E-state index contributed by atoms with van der Waals surface area (Å²) >= 11 is 0. The average molecular weight is 242 g/mol. The van der Waals surface area contributed by atoms with E-state index < -0.39 is 0 Å². The molecule has 0 aliphatic rings. The van der Waals surface area contributed by atoms with Gasteiger partial charge in [-0.05, 0) is 32.5 Å². The smallest absolute Gasteiger partial charge is 0.159 e. The first-order chi connectivity index (χ1) is 8.72. The zero-order valence-corrected chi connectivity index (χ0v) is 11.0. The lowest BCUT2D eigenvalue weighted by atomic mass is 10.1. The Morgan fingerprint density at radius 2 is 2.00 bits per heavy atom. The molecular formula is C14H18N4. The molecule has 0 aliphatic carbocycles. The fourth-order valence-corrected chi connectivity index (χ4v) is 1.96. The molecule has 2 aromatic heterocycles. The Morgan fingerprint density at radius 1 is 1.28 bits per heavy atom. The molecule has 94 valence electrons. The van der Waals surface area contributed by atoms with Gasteiger partial charge in [-0.1, -0.05) is 6.92 Å². The van der Waals surface area contributed by atoms with Gasteiger partial charge in [0, 0.05) is 41.5 Å². The molecular weight excluding hydrogens is 224 g/mol. The van der Waals surface area contributed by atoms with Gasteiger partial charge in [-0.25, -0.2) is 9.97 Å². The fraction of sp³-hybridized carbons (Fsp3) is 0.357. The summed E-state index contributed by atoms with van der Waals surface area (Å²) in [6.07, 6.45) is 5.41. The van der Waals surface area contributed by atoms with E-state index in [4.69, 9.17) is 0 Å². The van der Waals surface area contributed by atoms with Crippen molar-refractivity contribution >= 4 is 0 Å². The first-order valence-electron chi connectivity index (χ1n) is 6.19. The van der Waals surface area contributed by atoms with Gasteiger partial charge in [0.15, 0.2) is 5.82 Å². The molecule has 0 spiro atoms. The molecule has 0 bridgehead atoms. The molecule has 4 heteroatoms. The molecule has 1 unspecified atom stereocenters. The van der Waals surface area contributed by atoms with Crippen LogP contribution in [0, 0.1) is 6.92 Å². The van der Waals surface area contributed by atoms with E-state index in [1.807, 2.05) is 25.3 Å². The maximum absolute atomic E-state index is 4.57. The summed E-state index contributed by atoms with van der Waals surface area (Å²) < 4.78 is 0. The van der Waals surface area contributed by atoms with Crippen molar-refractivity contribution in [1.29, 1.82) is 0 Å². The molecule has 2 rings (SSSR count). The number of rotatable bonds is 4. The molecule has 4 nitrogen and oxygen atoms in total. The first kappa shape index (κ1) is 12.6. The van der Waals surface area contributed by atoms with E-state index in [9.17, 15) is 0 Å². The minimum absolute atomic E-state index is 0.279. The van der Waals surface area contributed by atoms with Crippen LogP contribution in [-0.4, -0.2) is 21.5 Å². The molecule has 18 heavy (non-hydrogen) atoms. The summed E-state index contributed by atoms with van der Waals surface area (Å²) in [6.45, 7) is 7.18. The van der Waals surface area contributed by atoms with Crippen LogP contribution < -0.4 is 5.32 Å². The number of aryl methyl sites for hydroxylation is 1. The molecule has 0 fully saturated rings. The third-order valence-electron chi connectivity index (χ3n) is 2.93. The van der Waals surface area contributed by atoms with E-state index in [1.54, 1.807) is 12.4 Å². The van der Waals surface area contributed by atoms with Crippen LogP contribution in [0.25, 0.3) is 11.4 Å². The molecule has 1 atom stereocenters. The summed E-state index contributed by atoms with van der Waals surface area (Å²) in [5.74, 6) is 0.752. The predicted octanol–water partition coefficient (Wildman–Crippen LogP) is 2.52. The van der Waals surface area contributed by atoms with E-state index in [0.717, 1.165) is 29.2 Å². The minimum Gasteiger partial charge on any atom is -0.310 e. The summed E-state index contributed by atoms with van der Waals surface area (Å²) in [4.78, 5) is 13.0. The van der Waals surface area contributed by atoms with Gasteiger partial charge < -0.3 is 5.32 Å². The van der Waals surface area contributed by atoms with Crippen molar-refractivity contribution in [2.24, 2.45) is 0 Å². The van der Waals surface area contributed by atoms with E-state index in [-0.39, 0.29) is 6.04 Å². The first-order valence-corrected chi connectivity index (χ1v) is 6.19. The normalized spacial score (nSPS) is 12.4. The second kappa shape index (κ2) is 5.69. The minimum atomic E-state index is 0.279. The number of pyridine rings is 1. The monoisotopic (exact) mass is 242 g/mol. The van der Waals surface area contributed by atoms with Crippen molar-refractivity contribution in [2.75, 3.05) is 6.54 Å². The highest BCUT2D eigenvalue weighted by Gasteiger charge is 2.10. The zero-order chi connectivity index (χ0) is 13.0. The van der Waals surface area contributed by atoms with E-state index in [0.29, 0.717) is 0 Å². The number of nitrogens with zero attached hydrogens (tertiary/aromatic N) is 3. The quantitative estimate of drug-likeness (QED) is 0.895. The van der Waals surface area contributed by atoms with Crippen molar-refractivity contribution in [1.82, 2.24) is 20.3 Å². The van der Waals surface area contributed by atoms with Gasteiger partial charge in [0.05, 0.1) is 0 Å². The molecule has 0 aromatic carbocycles. The Labute approximate surface area is 108 Å². The van der Waals surface area contributed by atoms with Crippen LogP contribution in [0.3, 0.4) is 0 Å². The van der Waals surface area contributed by atoms with Crippen molar-refractivity contribution in [3.63, 3.8) is 0 Å². The summed E-state index contributed by atoms with van der Waals surface area (Å²) in [5, 5.41) is 3.37. The van der Waals surface area contributed by atoms with Gasteiger partial charge in [-0.15, -0.1) is 0 Å². The Kier molecular flexibility index (Phi) is 3.99. The molecule has 0 aliphatic heterocycles. The van der Waals surface area contributed by atoms with Crippen molar-refractivity contribution in [3.8, 4) is 11.4 Å². The van der Waals surface area contributed by atoms with Crippen LogP contribution >= 0.6 is 0 Å². The van der Waals surface area contributed by atoms with Gasteiger partial charge in [0.1, 0.15) is 0 Å². The van der Waals surface area contributed by atoms with E-state index in [1.165, 1.54) is 0 Å². The second-order valence-corrected chi connectivity index (χ2v) is 4.25. The fourth-order valence-electron chi connectivity index (χ4n) is 1.96. The lowest BCUT2D eigenvalue weighted by molar-refractivity contribution is 0.590. The van der Waals surface area contributed by atoms with Gasteiger partial charge in [0.25, 0.3) is 0 Å². The molecule has 0 saturated heterocycles. The Bertz CT molecular complexity index is 510. The number of nitrogens with one attached hydrogen (secondary N) is 1. The summed E-state index contributed by atoms with van der Waals surface area (Å²) in [7, 11) is 0. The van der Waals surface area contributed by atoms with Crippen LogP contribution in [-0.2, 0) is 0 Å². The zero-order valence-electron chi connectivity index (χ0n) is 11.0. The molecule has 0 saturated carbocycles.